The number of hydrogen-bond acceptors (Lipinski definition) is 3. The van der Waals surface area contributed by atoms with E-state index < -0.39 is 0 Å². The van der Waals surface area contributed by atoms with Crippen LogP contribution >= 0.6 is 0 Å². The summed E-state index contributed by atoms with van der Waals surface area (Å²) in [6.45, 7) is 3.24. The molecule has 0 amide bonds. The van der Waals surface area contributed by atoms with E-state index in [1.165, 1.54) is 12.1 Å². The van der Waals surface area contributed by atoms with Crippen molar-refractivity contribution in [2.75, 3.05) is 31.1 Å². The zero-order chi connectivity index (χ0) is 17.1. The largest absolute Gasteiger partial charge is 0.367 e. The van der Waals surface area contributed by atoms with Gasteiger partial charge in [-0.05, 0) is 24.3 Å². The zero-order valence-electron chi connectivity index (χ0n) is 13.2. The van der Waals surface area contributed by atoms with Gasteiger partial charge in [0, 0.05) is 38.3 Å². The van der Waals surface area contributed by atoms with Crippen LogP contribution in [-0.4, -0.2) is 38.9 Å². The molecule has 2 radical (unpaired) electrons. The first-order chi connectivity index (χ1) is 11.6. The molecule has 1 aliphatic heterocycles. The van der Waals surface area contributed by atoms with Gasteiger partial charge in [0.2, 0.25) is 0 Å². The SMILES string of the molecule is [B]c1ccc(CN2CCN(c3ccc(C#N)cc3F)CC2)c(F)c1. The van der Waals surface area contributed by atoms with Crippen LogP contribution in [0.4, 0.5) is 14.5 Å². The molecule has 0 bridgehead atoms. The highest BCUT2D eigenvalue weighted by molar-refractivity contribution is 6.32. The number of nitriles is 1. The summed E-state index contributed by atoms with van der Waals surface area (Å²) < 4.78 is 28.0. The molecule has 1 heterocycles. The number of rotatable bonds is 3. The van der Waals surface area contributed by atoms with Crippen molar-refractivity contribution in [3.63, 3.8) is 0 Å². The third-order valence-electron chi connectivity index (χ3n) is 4.26. The Balaban J connectivity index is 1.62. The molecule has 2 aromatic rings. The van der Waals surface area contributed by atoms with Gasteiger partial charge in [0.1, 0.15) is 19.5 Å². The minimum absolute atomic E-state index is 0.296. The summed E-state index contributed by atoms with van der Waals surface area (Å²) in [6.07, 6.45) is 0. The Morgan fingerprint density at radius 1 is 1.00 bits per heavy atom. The van der Waals surface area contributed by atoms with Crippen molar-refractivity contribution in [1.82, 2.24) is 4.90 Å². The standard InChI is InChI=1S/C18H16BF2N3/c19-15-3-2-14(16(20)10-15)12-23-5-7-24(8-6-23)18-4-1-13(11-22)9-17(18)21/h1-4,9-10H,5-8,12H2. The molecule has 0 aromatic heterocycles. The van der Waals surface area contributed by atoms with Gasteiger partial charge in [-0.25, -0.2) is 8.78 Å². The van der Waals surface area contributed by atoms with Crippen LogP contribution < -0.4 is 10.4 Å². The van der Waals surface area contributed by atoms with Crippen molar-refractivity contribution in [3.05, 3.63) is 59.2 Å². The second-order valence-corrected chi connectivity index (χ2v) is 5.89. The Hall–Kier alpha value is -2.39. The molecule has 24 heavy (non-hydrogen) atoms. The Labute approximate surface area is 141 Å². The number of piperazine rings is 1. The van der Waals surface area contributed by atoms with E-state index in [0.717, 1.165) is 0 Å². The lowest BCUT2D eigenvalue weighted by molar-refractivity contribution is 0.246. The van der Waals surface area contributed by atoms with Gasteiger partial charge in [-0.15, -0.1) is 0 Å². The third kappa shape index (κ3) is 3.57. The number of halogens is 2. The summed E-state index contributed by atoms with van der Waals surface area (Å²) in [5, 5.41) is 8.80. The summed E-state index contributed by atoms with van der Waals surface area (Å²) in [7, 11) is 5.56. The van der Waals surface area contributed by atoms with Crippen molar-refractivity contribution in [2.45, 2.75) is 6.54 Å². The summed E-state index contributed by atoms with van der Waals surface area (Å²) >= 11 is 0. The number of hydrogen-bond donors (Lipinski definition) is 0. The molecule has 120 valence electrons. The Kier molecular flexibility index (Phi) is 4.82. The van der Waals surface area contributed by atoms with Gasteiger partial charge < -0.3 is 4.90 Å². The summed E-state index contributed by atoms with van der Waals surface area (Å²) in [4.78, 5) is 4.08. The highest BCUT2D eigenvalue weighted by Crippen LogP contribution is 2.22. The predicted octanol–water partition coefficient (Wildman–Crippen LogP) is 1.95. The molecule has 0 unspecified atom stereocenters. The fraction of sp³-hybridized carbons (Fsp3) is 0.278. The summed E-state index contributed by atoms with van der Waals surface area (Å²) in [6, 6.07) is 11.2. The second kappa shape index (κ2) is 7.02. The molecular formula is C18H16BF2N3. The summed E-state index contributed by atoms with van der Waals surface area (Å²) in [5.74, 6) is -0.678. The minimum atomic E-state index is -0.382. The van der Waals surface area contributed by atoms with Crippen molar-refractivity contribution >= 4 is 19.0 Å². The Morgan fingerprint density at radius 3 is 2.38 bits per heavy atom. The van der Waals surface area contributed by atoms with Gasteiger partial charge in [-0.2, -0.15) is 5.26 Å². The van der Waals surface area contributed by atoms with E-state index in [-0.39, 0.29) is 11.6 Å². The quantitative estimate of drug-likeness (QED) is 0.809. The molecule has 0 N–H and O–H groups in total. The van der Waals surface area contributed by atoms with Crippen LogP contribution in [0.15, 0.2) is 36.4 Å². The van der Waals surface area contributed by atoms with Crippen LogP contribution in [0.2, 0.25) is 0 Å². The maximum atomic E-state index is 14.1. The van der Waals surface area contributed by atoms with Gasteiger partial charge in [-0.3, -0.25) is 4.90 Å². The smallest absolute Gasteiger partial charge is 0.147 e. The van der Waals surface area contributed by atoms with E-state index in [0.29, 0.717) is 55.0 Å². The van der Waals surface area contributed by atoms with Crippen LogP contribution in [0.1, 0.15) is 11.1 Å². The average Bonchev–Trinajstić information content (AvgIpc) is 2.58. The molecule has 3 rings (SSSR count). The molecule has 1 aliphatic rings. The molecule has 6 heteroatoms. The first-order valence-corrected chi connectivity index (χ1v) is 7.77. The zero-order valence-corrected chi connectivity index (χ0v) is 13.2. The normalized spacial score (nSPS) is 15.3. The van der Waals surface area contributed by atoms with Crippen LogP contribution in [-0.2, 0) is 6.54 Å². The fourth-order valence-electron chi connectivity index (χ4n) is 2.91. The van der Waals surface area contributed by atoms with Gasteiger partial charge in [0.05, 0.1) is 17.3 Å². The molecule has 1 saturated heterocycles. The van der Waals surface area contributed by atoms with Gasteiger partial charge in [0.25, 0.3) is 0 Å². The van der Waals surface area contributed by atoms with Crippen molar-refractivity contribution in [2.24, 2.45) is 0 Å². The molecule has 1 fully saturated rings. The second-order valence-electron chi connectivity index (χ2n) is 5.89. The fourth-order valence-corrected chi connectivity index (χ4v) is 2.91. The Bertz CT molecular complexity index is 780. The lowest BCUT2D eigenvalue weighted by Crippen LogP contribution is -2.46. The van der Waals surface area contributed by atoms with Crippen molar-refractivity contribution < 1.29 is 8.78 Å². The molecule has 0 spiro atoms. The first-order valence-electron chi connectivity index (χ1n) is 7.77. The molecular weight excluding hydrogens is 307 g/mol. The van der Waals surface area contributed by atoms with Crippen LogP contribution in [0.3, 0.4) is 0 Å². The average molecular weight is 323 g/mol. The maximum absolute atomic E-state index is 14.1. The Morgan fingerprint density at radius 2 is 1.75 bits per heavy atom. The van der Waals surface area contributed by atoms with Crippen LogP contribution in [0.5, 0.6) is 0 Å². The van der Waals surface area contributed by atoms with Crippen molar-refractivity contribution in [1.29, 1.82) is 5.26 Å². The van der Waals surface area contributed by atoms with E-state index in [1.807, 2.05) is 11.0 Å². The number of nitrogens with zero attached hydrogens (tertiary/aromatic N) is 3. The van der Waals surface area contributed by atoms with E-state index in [9.17, 15) is 8.78 Å². The topological polar surface area (TPSA) is 30.3 Å². The molecule has 3 nitrogen and oxygen atoms in total. The van der Waals surface area contributed by atoms with E-state index in [2.05, 4.69) is 4.90 Å². The monoisotopic (exact) mass is 323 g/mol. The number of anilines is 1. The van der Waals surface area contributed by atoms with E-state index in [1.54, 1.807) is 24.3 Å². The van der Waals surface area contributed by atoms with Crippen molar-refractivity contribution in [3.8, 4) is 6.07 Å². The summed E-state index contributed by atoms with van der Waals surface area (Å²) in [5.41, 5.74) is 1.85. The highest BCUT2D eigenvalue weighted by atomic mass is 19.1. The lowest BCUT2D eigenvalue weighted by Gasteiger charge is -2.36. The minimum Gasteiger partial charge on any atom is -0.367 e. The molecule has 2 aromatic carbocycles. The molecule has 0 aliphatic carbocycles. The van der Waals surface area contributed by atoms with Gasteiger partial charge in [0.15, 0.2) is 0 Å². The highest BCUT2D eigenvalue weighted by Gasteiger charge is 2.20. The van der Waals surface area contributed by atoms with E-state index in [4.69, 9.17) is 13.1 Å². The third-order valence-corrected chi connectivity index (χ3v) is 4.26. The molecule has 0 saturated carbocycles. The predicted molar refractivity (Wildman–Crippen MR) is 90.4 cm³/mol. The lowest BCUT2D eigenvalue weighted by atomic mass is 9.95. The van der Waals surface area contributed by atoms with Gasteiger partial charge >= 0.3 is 0 Å². The molecule has 0 atom stereocenters. The van der Waals surface area contributed by atoms with Crippen LogP contribution in [0, 0.1) is 23.0 Å². The number of benzene rings is 2. The van der Waals surface area contributed by atoms with E-state index >= 15 is 0 Å². The maximum Gasteiger partial charge on any atom is 0.147 e. The first kappa shape index (κ1) is 16.5. The van der Waals surface area contributed by atoms with Crippen LogP contribution in [0.25, 0.3) is 0 Å². The van der Waals surface area contributed by atoms with Gasteiger partial charge in [-0.1, -0.05) is 17.6 Å².